The predicted octanol–water partition coefficient (Wildman–Crippen LogP) is 3.19. The number of halogens is 3. The fourth-order valence-corrected chi connectivity index (χ4v) is 3.33. The monoisotopic (exact) mass is 462 g/mol. The Bertz CT molecular complexity index is 1080. The molecule has 0 atom stereocenters. The average molecular weight is 462 g/mol. The highest BCUT2D eigenvalue weighted by Gasteiger charge is 2.38. The number of aromatic nitrogens is 3. The summed E-state index contributed by atoms with van der Waals surface area (Å²) in [6.45, 7) is 2.58. The summed E-state index contributed by atoms with van der Waals surface area (Å²) in [4.78, 5) is 23.8. The van der Waals surface area contributed by atoms with Gasteiger partial charge in [0.2, 0.25) is 5.82 Å². The van der Waals surface area contributed by atoms with Crippen molar-refractivity contribution in [1.29, 1.82) is 0 Å². The van der Waals surface area contributed by atoms with Crippen LogP contribution in [-0.2, 0) is 12.7 Å². The summed E-state index contributed by atoms with van der Waals surface area (Å²) < 4.78 is 47.2. The number of ether oxygens (including phenoxy) is 1. The molecule has 0 aliphatic carbocycles. The van der Waals surface area contributed by atoms with Gasteiger partial charge in [-0.25, -0.2) is 9.78 Å². The minimum Gasteiger partial charge on any atom is -0.497 e. The molecular weight excluding hydrogens is 441 g/mol. The fraction of sp³-hybridized carbons (Fsp3) is 0.333. The van der Waals surface area contributed by atoms with Gasteiger partial charge in [-0.2, -0.15) is 18.2 Å². The van der Waals surface area contributed by atoms with Crippen LogP contribution in [0.3, 0.4) is 0 Å². The van der Waals surface area contributed by atoms with Gasteiger partial charge < -0.3 is 24.4 Å². The molecule has 3 aromatic rings. The molecule has 1 aliphatic rings. The van der Waals surface area contributed by atoms with Crippen LogP contribution >= 0.6 is 0 Å². The molecule has 0 spiro atoms. The molecule has 0 radical (unpaired) electrons. The van der Waals surface area contributed by atoms with E-state index in [4.69, 9.17) is 4.74 Å². The highest BCUT2D eigenvalue weighted by atomic mass is 19.4. The van der Waals surface area contributed by atoms with E-state index in [1.807, 2.05) is 29.2 Å². The maximum Gasteiger partial charge on any atom is 0.471 e. The molecule has 0 bridgehead atoms. The average Bonchev–Trinajstić information content (AvgIpc) is 3.34. The summed E-state index contributed by atoms with van der Waals surface area (Å²) in [7, 11) is 1.60. The number of urea groups is 1. The number of piperazine rings is 1. The molecule has 9 nitrogen and oxygen atoms in total. The predicted molar refractivity (Wildman–Crippen MR) is 112 cm³/mol. The minimum absolute atomic E-state index is 0.147. The summed E-state index contributed by atoms with van der Waals surface area (Å²) in [5.41, 5.74) is 1.28. The van der Waals surface area contributed by atoms with Crippen LogP contribution in [0.4, 0.5) is 23.8 Å². The van der Waals surface area contributed by atoms with Crippen molar-refractivity contribution < 1.29 is 27.2 Å². The Morgan fingerprint density at radius 3 is 2.42 bits per heavy atom. The summed E-state index contributed by atoms with van der Waals surface area (Å²) in [5.74, 6) is -0.175. The van der Waals surface area contributed by atoms with Gasteiger partial charge in [0.25, 0.3) is 0 Å². The number of amides is 2. The van der Waals surface area contributed by atoms with E-state index in [1.165, 1.54) is 6.20 Å². The highest BCUT2D eigenvalue weighted by molar-refractivity contribution is 5.74. The number of hydrogen-bond donors (Lipinski definition) is 1. The van der Waals surface area contributed by atoms with Gasteiger partial charge in [-0.15, -0.1) is 0 Å². The molecule has 1 aromatic carbocycles. The maximum atomic E-state index is 12.6. The first-order chi connectivity index (χ1) is 15.8. The van der Waals surface area contributed by atoms with Crippen LogP contribution in [0.1, 0.15) is 11.5 Å². The van der Waals surface area contributed by atoms with E-state index in [0.717, 1.165) is 11.3 Å². The molecule has 33 heavy (non-hydrogen) atoms. The topological polar surface area (TPSA) is 96.6 Å². The number of carbonyl (C=O) groups is 1. The van der Waals surface area contributed by atoms with Crippen molar-refractivity contribution in [3.8, 4) is 17.1 Å². The Kier molecular flexibility index (Phi) is 6.33. The largest absolute Gasteiger partial charge is 0.497 e. The molecule has 3 heterocycles. The maximum absolute atomic E-state index is 12.6. The zero-order valence-electron chi connectivity index (χ0n) is 17.7. The third kappa shape index (κ3) is 5.33. The van der Waals surface area contributed by atoms with E-state index in [9.17, 15) is 18.0 Å². The first-order valence-electron chi connectivity index (χ1n) is 10.1. The number of benzene rings is 1. The highest BCUT2D eigenvalue weighted by Crippen LogP contribution is 2.29. The third-order valence-electron chi connectivity index (χ3n) is 5.17. The van der Waals surface area contributed by atoms with E-state index in [2.05, 4.69) is 25.0 Å². The van der Waals surface area contributed by atoms with Crippen molar-refractivity contribution >= 4 is 11.8 Å². The lowest BCUT2D eigenvalue weighted by Crippen LogP contribution is -2.51. The minimum atomic E-state index is -4.70. The van der Waals surface area contributed by atoms with E-state index in [-0.39, 0.29) is 11.9 Å². The molecule has 2 aromatic heterocycles. The Balaban J connectivity index is 1.28. The van der Waals surface area contributed by atoms with Crippen LogP contribution in [0.25, 0.3) is 11.4 Å². The number of anilines is 1. The van der Waals surface area contributed by atoms with Crippen molar-refractivity contribution in [2.45, 2.75) is 12.7 Å². The zero-order valence-corrected chi connectivity index (χ0v) is 17.7. The summed E-state index contributed by atoms with van der Waals surface area (Å²) in [5, 5.41) is 6.26. The quantitative estimate of drug-likeness (QED) is 0.622. The first-order valence-corrected chi connectivity index (χ1v) is 10.1. The SMILES string of the molecule is COc1ccc(CNC(=O)N2CCN(c3ccc(-c4noc(C(F)(F)F)n4)cn3)CC2)cc1. The molecule has 0 unspecified atom stereocenters. The van der Waals surface area contributed by atoms with Gasteiger partial charge in [0.05, 0.1) is 7.11 Å². The van der Waals surface area contributed by atoms with Crippen LogP contribution in [0, 0.1) is 0 Å². The number of alkyl halides is 3. The van der Waals surface area contributed by atoms with Gasteiger partial charge in [-0.3, -0.25) is 0 Å². The number of carbonyl (C=O) groups excluding carboxylic acids is 1. The smallest absolute Gasteiger partial charge is 0.471 e. The second kappa shape index (κ2) is 9.35. The van der Waals surface area contributed by atoms with Gasteiger partial charge in [-0.1, -0.05) is 17.3 Å². The number of rotatable bonds is 5. The number of hydrogen-bond acceptors (Lipinski definition) is 7. The van der Waals surface area contributed by atoms with Crippen molar-refractivity contribution in [3.05, 3.63) is 54.0 Å². The Morgan fingerprint density at radius 1 is 1.12 bits per heavy atom. The molecule has 4 rings (SSSR count). The van der Waals surface area contributed by atoms with Crippen LogP contribution in [0.5, 0.6) is 5.75 Å². The molecule has 1 N–H and O–H groups in total. The molecule has 1 aliphatic heterocycles. The van der Waals surface area contributed by atoms with Gasteiger partial charge in [0.1, 0.15) is 11.6 Å². The van der Waals surface area contributed by atoms with Gasteiger partial charge in [-0.05, 0) is 29.8 Å². The summed E-state index contributed by atoms with van der Waals surface area (Å²) in [6.07, 6.45) is -3.30. The third-order valence-corrected chi connectivity index (χ3v) is 5.17. The van der Waals surface area contributed by atoms with Crippen LogP contribution < -0.4 is 15.0 Å². The Labute approximate surface area is 187 Å². The van der Waals surface area contributed by atoms with E-state index < -0.39 is 12.1 Å². The van der Waals surface area contributed by atoms with E-state index in [1.54, 1.807) is 24.1 Å². The standard InChI is InChI=1S/C21H21F3N6O3/c1-32-16-5-2-14(3-6-16)12-26-20(31)30-10-8-29(9-11-30)17-7-4-15(13-25-17)18-27-19(33-28-18)21(22,23)24/h2-7,13H,8-12H2,1H3,(H,26,31). The number of pyridine rings is 1. The zero-order chi connectivity index (χ0) is 23.4. The van der Waals surface area contributed by atoms with Crippen LogP contribution in [0.15, 0.2) is 47.1 Å². The second-order valence-electron chi connectivity index (χ2n) is 7.31. The molecule has 2 amide bonds. The Hall–Kier alpha value is -3.83. The summed E-state index contributed by atoms with van der Waals surface area (Å²) in [6, 6.07) is 10.6. The van der Waals surface area contributed by atoms with Gasteiger partial charge in [0.15, 0.2) is 0 Å². The number of methoxy groups -OCH3 is 1. The van der Waals surface area contributed by atoms with Gasteiger partial charge in [0, 0.05) is 44.5 Å². The molecule has 12 heteroatoms. The van der Waals surface area contributed by atoms with E-state index >= 15 is 0 Å². The number of nitrogens with one attached hydrogen (secondary N) is 1. The van der Waals surface area contributed by atoms with Crippen molar-refractivity contribution in [1.82, 2.24) is 25.3 Å². The van der Waals surface area contributed by atoms with Crippen molar-refractivity contribution in [2.75, 3.05) is 38.2 Å². The van der Waals surface area contributed by atoms with Crippen molar-refractivity contribution in [2.24, 2.45) is 0 Å². The molecular formula is C21H21F3N6O3. The molecule has 1 fully saturated rings. The molecule has 0 saturated carbocycles. The molecule has 174 valence electrons. The Morgan fingerprint density at radius 2 is 1.85 bits per heavy atom. The summed E-state index contributed by atoms with van der Waals surface area (Å²) >= 11 is 0. The second-order valence-corrected chi connectivity index (χ2v) is 7.31. The molecule has 1 saturated heterocycles. The van der Waals surface area contributed by atoms with Gasteiger partial charge >= 0.3 is 18.1 Å². The number of nitrogens with zero attached hydrogens (tertiary/aromatic N) is 5. The van der Waals surface area contributed by atoms with Crippen LogP contribution in [-0.4, -0.2) is 59.3 Å². The lowest BCUT2D eigenvalue weighted by molar-refractivity contribution is -0.159. The fourth-order valence-electron chi connectivity index (χ4n) is 3.33. The van der Waals surface area contributed by atoms with Crippen molar-refractivity contribution in [3.63, 3.8) is 0 Å². The van der Waals surface area contributed by atoms with E-state index in [0.29, 0.717) is 44.1 Å². The lowest BCUT2D eigenvalue weighted by Gasteiger charge is -2.35. The first kappa shape index (κ1) is 22.4. The lowest BCUT2D eigenvalue weighted by atomic mass is 10.2. The van der Waals surface area contributed by atoms with Crippen LogP contribution in [0.2, 0.25) is 0 Å². The normalized spacial score (nSPS) is 14.3.